The fourth-order valence-electron chi connectivity index (χ4n) is 7.54. The van der Waals surface area contributed by atoms with Crippen LogP contribution in [0.1, 0.15) is 141 Å². The van der Waals surface area contributed by atoms with Crippen molar-refractivity contribution < 1.29 is 50.0 Å². The maximum atomic E-state index is 9.33. The van der Waals surface area contributed by atoms with Crippen LogP contribution in [0.15, 0.2) is 0 Å². The standard InChI is InChI=1S/2C10H20O2.C9H21NO.C9H18O3.C7H16O2/c1-10(2,3)4-8-6-12-7-9(8)5-11;1-9(2)7-10(8-11)3-5-12-6-4-10;1-4-10(7-8-11)6-5-9(2)3;1-6(2)12-9-4-7(10)3-8(11)5-9;1-6(2)3-7(4-8)5-9/h8-9,11H,4-7H2,1-3H3;9,11H,3-8H2,1-2H3;9,11H,4-8H2,1-3H3;6-11H,3-5H2,1-2H3;6-9H,3-5H2,1-2H3/t8-,9-;;;;/m1..../s1. The van der Waals surface area contributed by atoms with E-state index >= 15 is 0 Å². The zero-order chi connectivity index (χ0) is 43.3. The summed E-state index contributed by atoms with van der Waals surface area (Å²) in [7, 11) is 0. The molecule has 0 aromatic carbocycles. The molecular weight excluding hydrogens is 714 g/mol. The molecule has 1 saturated carbocycles. The molecule has 0 bridgehead atoms. The summed E-state index contributed by atoms with van der Waals surface area (Å²) in [5.41, 5.74) is 0.526. The van der Waals surface area contributed by atoms with Gasteiger partial charge in [0.05, 0.1) is 37.6 Å². The molecule has 7 N–H and O–H groups in total. The lowest BCUT2D eigenvalue weighted by Gasteiger charge is -2.36. The highest BCUT2D eigenvalue weighted by Crippen LogP contribution is 2.36. The Bertz CT molecular complexity index is 846. The fraction of sp³-hybridized carbons (Fsp3) is 1.00. The molecule has 2 aliphatic heterocycles. The zero-order valence-electron chi connectivity index (χ0n) is 38.4. The molecule has 3 aliphatic rings. The number of aliphatic hydroxyl groups excluding tert-OH is 7. The summed E-state index contributed by atoms with van der Waals surface area (Å²) in [5.74, 6) is 3.04. The van der Waals surface area contributed by atoms with Crippen molar-refractivity contribution in [3.8, 4) is 0 Å². The first-order chi connectivity index (χ1) is 26.2. The van der Waals surface area contributed by atoms with Gasteiger partial charge < -0.3 is 54.9 Å². The van der Waals surface area contributed by atoms with Crippen LogP contribution in [0, 0.1) is 46.3 Å². The van der Waals surface area contributed by atoms with Crippen LogP contribution in [0.2, 0.25) is 0 Å². The summed E-state index contributed by atoms with van der Waals surface area (Å²) in [4.78, 5) is 2.28. The third-order valence-corrected chi connectivity index (χ3v) is 10.5. The number of likely N-dealkylation sites (N-methyl/N-ethyl adjacent to an activating group) is 1. The monoisotopic (exact) mass is 810 g/mol. The van der Waals surface area contributed by atoms with E-state index in [9.17, 15) is 15.3 Å². The van der Waals surface area contributed by atoms with E-state index in [-0.39, 0.29) is 50.0 Å². The first kappa shape index (κ1) is 57.7. The van der Waals surface area contributed by atoms with Gasteiger partial charge in [-0.25, -0.2) is 0 Å². The van der Waals surface area contributed by atoms with Crippen LogP contribution in [0.5, 0.6) is 0 Å². The van der Waals surface area contributed by atoms with Crippen LogP contribution in [-0.2, 0) is 14.2 Å². The first-order valence-corrected chi connectivity index (χ1v) is 22.1. The van der Waals surface area contributed by atoms with Gasteiger partial charge in [-0.1, -0.05) is 69.2 Å². The average Bonchev–Trinajstić information content (AvgIpc) is 3.55. The Morgan fingerprint density at radius 1 is 0.732 bits per heavy atom. The smallest absolute Gasteiger partial charge is 0.0627 e. The third kappa shape index (κ3) is 31.5. The minimum Gasteiger partial charge on any atom is -0.396 e. The van der Waals surface area contributed by atoms with Crippen molar-refractivity contribution in [2.75, 3.05) is 79.1 Å². The maximum absolute atomic E-state index is 9.33. The summed E-state index contributed by atoms with van der Waals surface area (Å²) in [6.07, 6.45) is 7.73. The highest BCUT2D eigenvalue weighted by molar-refractivity contribution is 4.82. The second-order valence-corrected chi connectivity index (χ2v) is 19.4. The Balaban J connectivity index is 0. The van der Waals surface area contributed by atoms with E-state index < -0.39 is 12.2 Å². The molecule has 0 aromatic rings. The minimum atomic E-state index is -0.391. The van der Waals surface area contributed by atoms with E-state index in [1.165, 1.54) is 6.42 Å². The number of rotatable bonds is 17. The lowest BCUT2D eigenvalue weighted by atomic mass is 9.75. The molecule has 2 saturated heterocycles. The van der Waals surface area contributed by atoms with Gasteiger partial charge in [0.25, 0.3) is 0 Å². The Hall–Kier alpha value is -0.440. The zero-order valence-corrected chi connectivity index (χ0v) is 38.4. The molecule has 11 nitrogen and oxygen atoms in total. The molecule has 0 amide bonds. The van der Waals surface area contributed by atoms with E-state index in [4.69, 9.17) is 34.6 Å². The molecule has 0 spiro atoms. The Morgan fingerprint density at radius 3 is 1.66 bits per heavy atom. The summed E-state index contributed by atoms with van der Waals surface area (Å²) in [6, 6.07) is 0. The molecular formula is C45H95NO10. The number of hydrogen-bond acceptors (Lipinski definition) is 11. The van der Waals surface area contributed by atoms with Crippen molar-refractivity contribution >= 4 is 0 Å². The molecule has 2 heterocycles. The summed E-state index contributed by atoms with van der Waals surface area (Å²) in [5, 5.41) is 63.0. The molecule has 340 valence electrons. The second kappa shape index (κ2) is 33.3. The van der Waals surface area contributed by atoms with Crippen LogP contribution < -0.4 is 0 Å². The van der Waals surface area contributed by atoms with Gasteiger partial charge in [-0.3, -0.25) is 0 Å². The van der Waals surface area contributed by atoms with Gasteiger partial charge in [0.1, 0.15) is 0 Å². The Morgan fingerprint density at radius 2 is 1.29 bits per heavy atom. The van der Waals surface area contributed by atoms with Crippen LogP contribution in [0.4, 0.5) is 0 Å². The molecule has 0 aromatic heterocycles. The second-order valence-electron chi connectivity index (χ2n) is 19.4. The number of hydrogen-bond donors (Lipinski definition) is 7. The highest BCUT2D eigenvalue weighted by Gasteiger charge is 2.33. The molecule has 3 fully saturated rings. The summed E-state index contributed by atoms with van der Waals surface area (Å²) < 4.78 is 16.2. The molecule has 4 atom stereocenters. The van der Waals surface area contributed by atoms with Crippen LogP contribution in [-0.4, -0.2) is 144 Å². The van der Waals surface area contributed by atoms with Crippen LogP contribution in [0.25, 0.3) is 0 Å². The van der Waals surface area contributed by atoms with Crippen LogP contribution >= 0.6 is 0 Å². The van der Waals surface area contributed by atoms with Crippen LogP contribution in [0.3, 0.4) is 0 Å². The topological polar surface area (TPSA) is 173 Å². The Kier molecular flexibility index (Phi) is 34.3. The van der Waals surface area contributed by atoms with Crippen molar-refractivity contribution in [3.05, 3.63) is 0 Å². The van der Waals surface area contributed by atoms with Crippen molar-refractivity contribution in [3.63, 3.8) is 0 Å². The predicted molar refractivity (Wildman–Crippen MR) is 230 cm³/mol. The number of aliphatic hydroxyl groups is 7. The normalized spacial score (nSPS) is 23.6. The van der Waals surface area contributed by atoms with E-state index in [2.05, 4.69) is 74.1 Å². The maximum Gasteiger partial charge on any atom is 0.0627 e. The highest BCUT2D eigenvalue weighted by atomic mass is 16.5. The van der Waals surface area contributed by atoms with Crippen molar-refractivity contribution in [2.24, 2.45) is 46.3 Å². The first-order valence-electron chi connectivity index (χ1n) is 22.1. The van der Waals surface area contributed by atoms with E-state index in [0.717, 1.165) is 84.1 Å². The number of ether oxygens (including phenoxy) is 3. The minimum absolute atomic E-state index is 0.0312. The molecule has 0 radical (unpaired) electrons. The van der Waals surface area contributed by atoms with Gasteiger partial charge in [-0.15, -0.1) is 0 Å². The van der Waals surface area contributed by atoms with E-state index in [1.54, 1.807) is 0 Å². The molecule has 11 heteroatoms. The van der Waals surface area contributed by atoms with Gasteiger partial charge in [0.15, 0.2) is 0 Å². The number of nitrogens with zero attached hydrogens (tertiary/aromatic N) is 1. The van der Waals surface area contributed by atoms with Gasteiger partial charge >= 0.3 is 0 Å². The van der Waals surface area contributed by atoms with Gasteiger partial charge in [0.2, 0.25) is 0 Å². The quantitative estimate of drug-likeness (QED) is 0.0897. The largest absolute Gasteiger partial charge is 0.396 e. The molecule has 3 rings (SSSR count). The average molecular weight is 810 g/mol. The predicted octanol–water partition coefficient (Wildman–Crippen LogP) is 6.16. The lowest BCUT2D eigenvalue weighted by Crippen LogP contribution is -2.35. The molecule has 56 heavy (non-hydrogen) atoms. The lowest BCUT2D eigenvalue weighted by molar-refractivity contribution is -0.0782. The van der Waals surface area contributed by atoms with Gasteiger partial charge in [0, 0.05) is 64.6 Å². The SMILES string of the molecule is CC(C)(C)C[C@@H]1COC[C@H]1CO.CC(C)CC(CO)CO.CC(C)CC1(CO)CCOCC1.CC(C)OC1CC(O)CC(O)C1.CCN(CCO)CCC(C)C. The van der Waals surface area contributed by atoms with Gasteiger partial charge in [-0.05, 0) is 119 Å². The third-order valence-electron chi connectivity index (χ3n) is 10.5. The van der Waals surface area contributed by atoms with E-state index in [1.807, 2.05) is 13.8 Å². The summed E-state index contributed by atoms with van der Waals surface area (Å²) >= 11 is 0. The molecule has 2 unspecified atom stereocenters. The van der Waals surface area contributed by atoms with Gasteiger partial charge in [-0.2, -0.15) is 0 Å². The molecule has 1 aliphatic carbocycles. The van der Waals surface area contributed by atoms with Crippen molar-refractivity contribution in [1.82, 2.24) is 4.90 Å². The summed E-state index contributed by atoms with van der Waals surface area (Å²) in [6.45, 7) is 33.2. The van der Waals surface area contributed by atoms with E-state index in [0.29, 0.717) is 55.0 Å². The fourth-order valence-corrected chi connectivity index (χ4v) is 7.54. The van der Waals surface area contributed by atoms with Crippen molar-refractivity contribution in [1.29, 1.82) is 0 Å². The van der Waals surface area contributed by atoms with Crippen molar-refractivity contribution in [2.45, 2.75) is 165 Å². The Labute approximate surface area is 344 Å².